The number of hydrogen-bond donors (Lipinski definition) is 1. The molecule has 1 aliphatic carbocycles. The number of rotatable bonds is 3. The molecule has 0 saturated carbocycles. The van der Waals surface area contributed by atoms with Crippen LogP contribution in [-0.2, 0) is 14.3 Å². The van der Waals surface area contributed by atoms with Gasteiger partial charge in [-0.3, -0.25) is 0 Å². The van der Waals surface area contributed by atoms with Crippen LogP contribution >= 0.6 is 0 Å². The van der Waals surface area contributed by atoms with Crippen LogP contribution in [0.4, 0.5) is 4.79 Å². The molecule has 122 valence electrons. The zero-order valence-electron chi connectivity index (χ0n) is 13.0. The van der Waals surface area contributed by atoms with Gasteiger partial charge in [-0.25, -0.2) is 9.59 Å². The Kier molecular flexibility index (Phi) is 3.69. The van der Waals surface area contributed by atoms with Gasteiger partial charge in [0.2, 0.25) is 0 Å². The van der Waals surface area contributed by atoms with Gasteiger partial charge in [-0.1, -0.05) is 48.5 Å². The summed E-state index contributed by atoms with van der Waals surface area (Å²) in [7, 11) is 0. The van der Waals surface area contributed by atoms with Crippen molar-refractivity contribution in [3.63, 3.8) is 0 Å². The lowest BCUT2D eigenvalue weighted by Crippen LogP contribution is -2.38. The average molecular weight is 323 g/mol. The van der Waals surface area contributed by atoms with Crippen LogP contribution in [0.15, 0.2) is 48.5 Å². The number of esters is 1. The fraction of sp³-hybridized carbons (Fsp3) is 0.263. The second-order valence-electron chi connectivity index (χ2n) is 5.98. The molecule has 0 spiro atoms. The summed E-state index contributed by atoms with van der Waals surface area (Å²) in [5, 5.41) is 2.56. The Labute approximate surface area is 139 Å². The molecule has 0 aromatic heterocycles. The Bertz CT molecular complexity index is 756. The van der Waals surface area contributed by atoms with Gasteiger partial charge in [-0.2, -0.15) is 0 Å². The third-order valence-corrected chi connectivity index (χ3v) is 4.57. The van der Waals surface area contributed by atoms with Gasteiger partial charge in [-0.15, -0.1) is 0 Å². The fourth-order valence-corrected chi connectivity index (χ4v) is 3.41. The number of carbonyl (C=O) groups is 2. The van der Waals surface area contributed by atoms with E-state index in [1.165, 1.54) is 11.1 Å². The van der Waals surface area contributed by atoms with Gasteiger partial charge >= 0.3 is 12.1 Å². The maximum atomic E-state index is 12.0. The summed E-state index contributed by atoms with van der Waals surface area (Å²) < 4.78 is 10.2. The quantitative estimate of drug-likeness (QED) is 0.882. The number of ether oxygens (including phenoxy) is 2. The zero-order valence-corrected chi connectivity index (χ0v) is 13.0. The van der Waals surface area contributed by atoms with Crippen LogP contribution in [0.25, 0.3) is 11.1 Å². The standard InChI is InChI=1S/C19H17NO4/c21-18-17(9-10-23-18)20-19(22)24-11-16-14-7-3-1-5-12(14)13-6-2-4-8-15(13)16/h1-8,16-17H,9-11H2,(H,20,22)/t17-/m1/s1. The SMILES string of the molecule is O=C(N[C@@H]1CCOC1=O)OCC1c2ccccc2-c2ccccc21. The van der Waals surface area contributed by atoms with Crippen molar-refractivity contribution in [1.82, 2.24) is 5.32 Å². The number of amides is 1. The summed E-state index contributed by atoms with van der Waals surface area (Å²) in [5.41, 5.74) is 4.68. The molecule has 0 unspecified atom stereocenters. The molecule has 2 aromatic carbocycles. The highest BCUT2D eigenvalue weighted by atomic mass is 16.6. The second kappa shape index (κ2) is 6.00. The van der Waals surface area contributed by atoms with Gasteiger partial charge in [0.1, 0.15) is 12.6 Å². The number of nitrogens with one attached hydrogen (secondary N) is 1. The van der Waals surface area contributed by atoms with Crippen LogP contribution in [0.1, 0.15) is 23.5 Å². The zero-order chi connectivity index (χ0) is 16.5. The molecule has 1 heterocycles. The van der Waals surface area contributed by atoms with Crippen molar-refractivity contribution in [2.45, 2.75) is 18.4 Å². The molecule has 4 rings (SSSR count). The smallest absolute Gasteiger partial charge is 0.407 e. The monoisotopic (exact) mass is 323 g/mol. The van der Waals surface area contributed by atoms with E-state index in [1.807, 2.05) is 24.3 Å². The van der Waals surface area contributed by atoms with Crippen LogP contribution in [0.2, 0.25) is 0 Å². The minimum atomic E-state index is -0.597. The van der Waals surface area contributed by atoms with Gasteiger partial charge in [0.25, 0.3) is 0 Å². The molecule has 5 nitrogen and oxygen atoms in total. The predicted molar refractivity (Wildman–Crippen MR) is 87.6 cm³/mol. The van der Waals surface area contributed by atoms with Crippen molar-refractivity contribution >= 4 is 12.1 Å². The molecule has 2 aliphatic rings. The predicted octanol–water partition coefficient (Wildman–Crippen LogP) is 2.84. The number of carbonyl (C=O) groups excluding carboxylic acids is 2. The van der Waals surface area contributed by atoms with Crippen molar-refractivity contribution in [3.8, 4) is 11.1 Å². The molecular weight excluding hydrogens is 306 g/mol. The molecule has 24 heavy (non-hydrogen) atoms. The first-order chi connectivity index (χ1) is 11.7. The van der Waals surface area contributed by atoms with E-state index in [0.717, 1.165) is 11.1 Å². The first kappa shape index (κ1) is 14.8. The summed E-state index contributed by atoms with van der Waals surface area (Å²) in [6.45, 7) is 0.578. The van der Waals surface area contributed by atoms with Gasteiger partial charge < -0.3 is 14.8 Å². The third kappa shape index (κ3) is 2.52. The Morgan fingerprint density at radius 1 is 1.08 bits per heavy atom. The molecule has 1 saturated heterocycles. The third-order valence-electron chi connectivity index (χ3n) is 4.57. The number of alkyl carbamates (subject to hydrolysis) is 1. The molecule has 5 heteroatoms. The van der Waals surface area contributed by atoms with E-state index >= 15 is 0 Å². The van der Waals surface area contributed by atoms with Crippen molar-refractivity contribution in [2.75, 3.05) is 13.2 Å². The summed E-state index contributed by atoms with van der Waals surface area (Å²) in [4.78, 5) is 23.4. The Morgan fingerprint density at radius 2 is 1.71 bits per heavy atom. The van der Waals surface area contributed by atoms with Crippen LogP contribution < -0.4 is 5.32 Å². The lowest BCUT2D eigenvalue weighted by Gasteiger charge is -2.15. The van der Waals surface area contributed by atoms with Crippen molar-refractivity contribution < 1.29 is 19.1 Å². The topological polar surface area (TPSA) is 64.6 Å². The summed E-state index contributed by atoms with van der Waals surface area (Å²) in [6.07, 6.45) is -0.0936. The maximum Gasteiger partial charge on any atom is 0.407 e. The summed E-state index contributed by atoms with van der Waals surface area (Å²) in [6, 6.07) is 15.7. The van der Waals surface area contributed by atoms with Crippen molar-refractivity contribution in [1.29, 1.82) is 0 Å². The van der Waals surface area contributed by atoms with E-state index in [4.69, 9.17) is 9.47 Å². The highest BCUT2D eigenvalue weighted by Crippen LogP contribution is 2.44. The second-order valence-corrected chi connectivity index (χ2v) is 5.98. The minimum absolute atomic E-state index is 0.0127. The highest BCUT2D eigenvalue weighted by Gasteiger charge is 2.31. The lowest BCUT2D eigenvalue weighted by molar-refractivity contribution is -0.139. The highest BCUT2D eigenvalue weighted by molar-refractivity contribution is 5.83. The molecule has 2 aromatic rings. The molecule has 0 radical (unpaired) electrons. The van der Waals surface area contributed by atoms with Gasteiger partial charge in [0.15, 0.2) is 0 Å². The Morgan fingerprint density at radius 3 is 2.29 bits per heavy atom. The Balaban J connectivity index is 1.48. The molecule has 1 fully saturated rings. The first-order valence-corrected chi connectivity index (χ1v) is 8.02. The van der Waals surface area contributed by atoms with Crippen LogP contribution in [0, 0.1) is 0 Å². The lowest BCUT2D eigenvalue weighted by atomic mass is 9.98. The molecule has 0 bridgehead atoms. The number of cyclic esters (lactones) is 1. The molecule has 1 amide bonds. The first-order valence-electron chi connectivity index (χ1n) is 8.02. The van der Waals surface area contributed by atoms with E-state index in [2.05, 4.69) is 29.6 Å². The minimum Gasteiger partial charge on any atom is -0.464 e. The summed E-state index contributed by atoms with van der Waals surface area (Å²) in [5.74, 6) is -0.387. The van der Waals surface area contributed by atoms with E-state index in [0.29, 0.717) is 13.0 Å². The van der Waals surface area contributed by atoms with Crippen LogP contribution in [0.3, 0.4) is 0 Å². The van der Waals surface area contributed by atoms with E-state index in [1.54, 1.807) is 0 Å². The fourth-order valence-electron chi connectivity index (χ4n) is 3.41. The molecule has 1 aliphatic heterocycles. The van der Waals surface area contributed by atoms with Gasteiger partial charge in [0.05, 0.1) is 6.61 Å². The van der Waals surface area contributed by atoms with Crippen molar-refractivity contribution in [3.05, 3.63) is 59.7 Å². The summed E-state index contributed by atoms with van der Waals surface area (Å²) >= 11 is 0. The molecule has 1 atom stereocenters. The average Bonchev–Trinajstić information content (AvgIpc) is 3.15. The molecular formula is C19H17NO4. The van der Waals surface area contributed by atoms with E-state index in [9.17, 15) is 9.59 Å². The van der Waals surface area contributed by atoms with Crippen LogP contribution in [0.5, 0.6) is 0 Å². The Hall–Kier alpha value is -2.82. The van der Waals surface area contributed by atoms with E-state index in [-0.39, 0.29) is 12.5 Å². The number of fused-ring (bicyclic) bond motifs is 3. The molecule has 1 N–H and O–H groups in total. The number of benzene rings is 2. The van der Waals surface area contributed by atoms with Crippen molar-refractivity contribution in [2.24, 2.45) is 0 Å². The van der Waals surface area contributed by atoms with Gasteiger partial charge in [0, 0.05) is 12.3 Å². The maximum absolute atomic E-state index is 12.0. The largest absolute Gasteiger partial charge is 0.464 e. The van der Waals surface area contributed by atoms with E-state index < -0.39 is 18.1 Å². The van der Waals surface area contributed by atoms with Crippen LogP contribution in [-0.4, -0.2) is 31.3 Å². The van der Waals surface area contributed by atoms with Gasteiger partial charge in [-0.05, 0) is 22.3 Å². The normalized spacial score (nSPS) is 18.7. The number of hydrogen-bond acceptors (Lipinski definition) is 4.